The smallest absolute Gasteiger partial charge is 0.141 e. The molecule has 7 heteroatoms. The summed E-state index contributed by atoms with van der Waals surface area (Å²) in [5.41, 5.74) is 4.03. The van der Waals surface area contributed by atoms with Gasteiger partial charge in [0.1, 0.15) is 11.9 Å². The number of aromatic nitrogens is 2. The van der Waals surface area contributed by atoms with Gasteiger partial charge in [0.2, 0.25) is 0 Å². The van der Waals surface area contributed by atoms with E-state index < -0.39 is 5.82 Å². The van der Waals surface area contributed by atoms with Crippen molar-refractivity contribution in [3.05, 3.63) is 89.1 Å². The number of benzene rings is 2. The first-order valence-electron chi connectivity index (χ1n) is 9.27. The second-order valence-electron chi connectivity index (χ2n) is 6.77. The lowest BCUT2D eigenvalue weighted by molar-refractivity contribution is 0.628. The largest absolute Gasteiger partial charge is 0.377 e. The van der Waals surface area contributed by atoms with E-state index in [4.69, 9.17) is 11.6 Å². The number of anilines is 3. The Morgan fingerprint density at radius 3 is 2.63 bits per heavy atom. The topological polar surface area (TPSA) is 73.6 Å². The van der Waals surface area contributed by atoms with Gasteiger partial charge in [-0.1, -0.05) is 17.7 Å². The lowest BCUT2D eigenvalue weighted by Crippen LogP contribution is -2.08. The van der Waals surface area contributed by atoms with Crippen molar-refractivity contribution in [3.63, 3.8) is 0 Å². The van der Waals surface area contributed by atoms with Gasteiger partial charge in [-0.3, -0.25) is 9.97 Å². The quantitative estimate of drug-likeness (QED) is 0.403. The van der Waals surface area contributed by atoms with E-state index in [1.807, 2.05) is 43.3 Å². The van der Waals surface area contributed by atoms with Crippen LogP contribution in [0.5, 0.6) is 0 Å². The summed E-state index contributed by atoms with van der Waals surface area (Å²) in [6.45, 7) is 2.02. The maximum absolute atomic E-state index is 13.5. The lowest BCUT2D eigenvalue weighted by atomic mass is 10.1. The van der Waals surface area contributed by atoms with E-state index in [0.29, 0.717) is 16.9 Å². The standard InChI is InChI=1S/C23H17ClFN5/c1-14(21-4-2-3-9-27-21)29-16-6-8-22-18(10-16)23(15(12-26)13-28-22)30-17-5-7-20(25)19(24)11-17/h2-11,13-14,29H,1H3,(H,28,30)/t14-/m0/s1. The molecule has 148 valence electrons. The lowest BCUT2D eigenvalue weighted by Gasteiger charge is -2.17. The van der Waals surface area contributed by atoms with Crippen LogP contribution in [-0.2, 0) is 0 Å². The Bertz CT molecular complexity index is 1250. The number of nitriles is 1. The molecule has 0 unspecified atom stereocenters. The Labute approximate surface area is 178 Å². The van der Waals surface area contributed by atoms with Crippen molar-refractivity contribution in [2.45, 2.75) is 13.0 Å². The highest BCUT2D eigenvalue weighted by molar-refractivity contribution is 6.31. The molecular formula is C23H17ClFN5. The third kappa shape index (κ3) is 4.02. The minimum atomic E-state index is -0.502. The molecule has 0 aliphatic rings. The van der Waals surface area contributed by atoms with Gasteiger partial charge in [0.05, 0.1) is 33.5 Å². The zero-order chi connectivity index (χ0) is 21.1. The normalized spacial score (nSPS) is 11.7. The van der Waals surface area contributed by atoms with E-state index in [-0.39, 0.29) is 11.1 Å². The average Bonchev–Trinajstić information content (AvgIpc) is 2.77. The number of rotatable bonds is 5. The minimum absolute atomic E-state index is 0.00316. The molecule has 0 aliphatic heterocycles. The molecule has 5 nitrogen and oxygen atoms in total. The van der Waals surface area contributed by atoms with Gasteiger partial charge in [-0.15, -0.1) is 0 Å². The molecule has 2 N–H and O–H groups in total. The number of nitrogens with zero attached hydrogens (tertiary/aromatic N) is 3. The molecule has 30 heavy (non-hydrogen) atoms. The highest BCUT2D eigenvalue weighted by Crippen LogP contribution is 2.32. The van der Waals surface area contributed by atoms with Crippen molar-refractivity contribution in [2.75, 3.05) is 10.6 Å². The monoisotopic (exact) mass is 417 g/mol. The van der Waals surface area contributed by atoms with E-state index in [0.717, 1.165) is 22.3 Å². The van der Waals surface area contributed by atoms with Crippen LogP contribution in [0.2, 0.25) is 5.02 Å². The molecule has 0 amide bonds. The van der Waals surface area contributed by atoms with Crippen LogP contribution in [0.15, 0.2) is 67.0 Å². The van der Waals surface area contributed by atoms with Gasteiger partial charge in [-0.2, -0.15) is 5.26 Å². The summed E-state index contributed by atoms with van der Waals surface area (Å²) in [7, 11) is 0. The first-order valence-corrected chi connectivity index (χ1v) is 9.65. The first-order chi connectivity index (χ1) is 14.5. The fourth-order valence-electron chi connectivity index (χ4n) is 3.18. The summed E-state index contributed by atoms with van der Waals surface area (Å²) < 4.78 is 13.5. The number of fused-ring (bicyclic) bond motifs is 1. The molecule has 2 aromatic heterocycles. The van der Waals surface area contributed by atoms with Crippen molar-refractivity contribution in [3.8, 4) is 6.07 Å². The fraction of sp³-hybridized carbons (Fsp3) is 0.0870. The van der Waals surface area contributed by atoms with Gasteiger partial charge in [-0.25, -0.2) is 4.39 Å². The molecule has 0 saturated heterocycles. The predicted octanol–water partition coefficient (Wildman–Crippen LogP) is 6.21. The van der Waals surface area contributed by atoms with E-state index in [1.54, 1.807) is 12.3 Å². The maximum Gasteiger partial charge on any atom is 0.141 e. The van der Waals surface area contributed by atoms with Crippen LogP contribution >= 0.6 is 11.6 Å². The Kier molecular flexibility index (Phi) is 5.46. The van der Waals surface area contributed by atoms with E-state index in [9.17, 15) is 9.65 Å². The summed E-state index contributed by atoms with van der Waals surface area (Å²) in [6.07, 6.45) is 3.27. The van der Waals surface area contributed by atoms with Gasteiger partial charge in [-0.05, 0) is 55.5 Å². The molecule has 1 atom stereocenters. The molecular weight excluding hydrogens is 401 g/mol. The molecule has 0 saturated carbocycles. The van der Waals surface area contributed by atoms with Crippen LogP contribution in [0, 0.1) is 17.1 Å². The van der Waals surface area contributed by atoms with Crippen LogP contribution in [0.1, 0.15) is 24.2 Å². The number of halogens is 2. The summed E-state index contributed by atoms with van der Waals surface area (Å²) in [5.74, 6) is -0.502. The van der Waals surface area contributed by atoms with E-state index in [2.05, 4.69) is 26.7 Å². The van der Waals surface area contributed by atoms with Gasteiger partial charge in [0.15, 0.2) is 0 Å². The van der Waals surface area contributed by atoms with Crippen LogP contribution in [0.4, 0.5) is 21.5 Å². The predicted molar refractivity (Wildman–Crippen MR) is 117 cm³/mol. The van der Waals surface area contributed by atoms with Crippen LogP contribution in [0.25, 0.3) is 10.9 Å². The number of hydrogen-bond donors (Lipinski definition) is 2. The Morgan fingerprint density at radius 2 is 1.90 bits per heavy atom. The molecule has 0 aliphatic carbocycles. The Balaban J connectivity index is 1.73. The highest BCUT2D eigenvalue weighted by Gasteiger charge is 2.13. The van der Waals surface area contributed by atoms with Crippen molar-refractivity contribution in [2.24, 2.45) is 0 Å². The van der Waals surface area contributed by atoms with Crippen molar-refractivity contribution >= 4 is 39.6 Å². The zero-order valence-corrected chi connectivity index (χ0v) is 16.8. The molecule has 2 heterocycles. The summed E-state index contributed by atoms with van der Waals surface area (Å²) in [6, 6.07) is 18.0. The molecule has 0 radical (unpaired) electrons. The second-order valence-corrected chi connectivity index (χ2v) is 7.17. The van der Waals surface area contributed by atoms with Crippen molar-refractivity contribution < 1.29 is 4.39 Å². The fourth-order valence-corrected chi connectivity index (χ4v) is 3.36. The van der Waals surface area contributed by atoms with Gasteiger partial charge < -0.3 is 10.6 Å². The van der Waals surface area contributed by atoms with E-state index >= 15 is 0 Å². The van der Waals surface area contributed by atoms with Crippen LogP contribution in [-0.4, -0.2) is 9.97 Å². The first kappa shape index (κ1) is 19.6. The molecule has 0 fully saturated rings. The van der Waals surface area contributed by atoms with Crippen LogP contribution in [0.3, 0.4) is 0 Å². The van der Waals surface area contributed by atoms with Crippen LogP contribution < -0.4 is 10.6 Å². The molecule has 4 rings (SSSR count). The molecule has 0 bridgehead atoms. The second kappa shape index (κ2) is 8.36. The zero-order valence-electron chi connectivity index (χ0n) is 16.0. The SMILES string of the molecule is C[C@H](Nc1ccc2ncc(C#N)c(Nc3ccc(F)c(Cl)c3)c2c1)c1ccccn1. The number of nitrogens with one attached hydrogen (secondary N) is 2. The third-order valence-electron chi connectivity index (χ3n) is 4.69. The molecule has 2 aromatic carbocycles. The highest BCUT2D eigenvalue weighted by atomic mass is 35.5. The average molecular weight is 418 g/mol. The Hall–Kier alpha value is -3.69. The maximum atomic E-state index is 13.5. The van der Waals surface area contributed by atoms with Crippen molar-refractivity contribution in [1.82, 2.24) is 9.97 Å². The molecule has 4 aromatic rings. The van der Waals surface area contributed by atoms with Gasteiger partial charge in [0, 0.05) is 29.2 Å². The van der Waals surface area contributed by atoms with Gasteiger partial charge in [0.25, 0.3) is 0 Å². The molecule has 0 spiro atoms. The van der Waals surface area contributed by atoms with E-state index in [1.165, 1.54) is 18.3 Å². The number of pyridine rings is 2. The number of hydrogen-bond acceptors (Lipinski definition) is 5. The third-order valence-corrected chi connectivity index (χ3v) is 4.98. The summed E-state index contributed by atoms with van der Waals surface area (Å²) in [5, 5.41) is 17.0. The summed E-state index contributed by atoms with van der Waals surface area (Å²) >= 11 is 5.90. The van der Waals surface area contributed by atoms with Crippen molar-refractivity contribution in [1.29, 1.82) is 5.26 Å². The minimum Gasteiger partial charge on any atom is -0.377 e. The summed E-state index contributed by atoms with van der Waals surface area (Å²) in [4.78, 5) is 8.76. The Morgan fingerprint density at radius 1 is 1.07 bits per heavy atom. The van der Waals surface area contributed by atoms with Gasteiger partial charge >= 0.3 is 0 Å².